The summed E-state index contributed by atoms with van der Waals surface area (Å²) in [6.45, 7) is 2.13. The van der Waals surface area contributed by atoms with Crippen LogP contribution in [0.1, 0.15) is 6.92 Å². The third-order valence-corrected chi connectivity index (χ3v) is 3.62. The smallest absolute Gasteiger partial charge is 0.146 e. The summed E-state index contributed by atoms with van der Waals surface area (Å²) in [5.41, 5.74) is 0. The van der Waals surface area contributed by atoms with E-state index in [1.54, 1.807) is 23.5 Å². The van der Waals surface area contributed by atoms with Crippen LogP contribution in [-0.4, -0.2) is 20.9 Å². The standard InChI is InChI=1S/C4H8OS2/c1-3-2-6-4(5)7-3/h3-5H,2H2,1H3. The Morgan fingerprint density at radius 2 is 2.43 bits per heavy atom. The first-order valence-electron chi connectivity index (χ1n) is 2.24. The van der Waals surface area contributed by atoms with E-state index in [4.69, 9.17) is 5.11 Å². The van der Waals surface area contributed by atoms with Gasteiger partial charge in [0.15, 0.2) is 0 Å². The average molecular weight is 136 g/mol. The fraction of sp³-hybridized carbons (Fsp3) is 1.00. The van der Waals surface area contributed by atoms with Crippen LogP contribution in [-0.2, 0) is 0 Å². The van der Waals surface area contributed by atoms with Crippen molar-refractivity contribution in [2.24, 2.45) is 0 Å². The van der Waals surface area contributed by atoms with Gasteiger partial charge in [0, 0.05) is 11.0 Å². The molecule has 0 aromatic rings. The first kappa shape index (κ1) is 5.79. The van der Waals surface area contributed by atoms with Crippen LogP contribution in [0.25, 0.3) is 0 Å². The van der Waals surface area contributed by atoms with Gasteiger partial charge in [0.2, 0.25) is 0 Å². The highest BCUT2D eigenvalue weighted by Crippen LogP contribution is 2.34. The Kier molecular flexibility index (Phi) is 1.89. The zero-order chi connectivity index (χ0) is 5.28. The maximum absolute atomic E-state index is 8.83. The molecule has 0 aliphatic carbocycles. The van der Waals surface area contributed by atoms with Crippen LogP contribution < -0.4 is 0 Å². The molecule has 1 saturated heterocycles. The predicted octanol–water partition coefficient (Wildman–Crippen LogP) is 1.13. The highest BCUT2D eigenvalue weighted by Gasteiger charge is 2.18. The Bertz CT molecular complexity index is 58.7. The molecule has 1 aliphatic rings. The van der Waals surface area contributed by atoms with Crippen molar-refractivity contribution in [3.8, 4) is 0 Å². The molecule has 0 radical (unpaired) electrons. The first-order valence-corrected chi connectivity index (χ1v) is 4.23. The van der Waals surface area contributed by atoms with Gasteiger partial charge in [0.05, 0.1) is 0 Å². The van der Waals surface area contributed by atoms with Crippen LogP contribution in [0.15, 0.2) is 0 Å². The van der Waals surface area contributed by atoms with Crippen LogP contribution in [0.3, 0.4) is 0 Å². The molecule has 1 N–H and O–H groups in total. The van der Waals surface area contributed by atoms with Crippen molar-refractivity contribution < 1.29 is 5.11 Å². The third-order valence-electron chi connectivity index (χ3n) is 0.822. The largest absolute Gasteiger partial charge is 0.373 e. The summed E-state index contributed by atoms with van der Waals surface area (Å²) < 4.78 is -0.144. The van der Waals surface area contributed by atoms with E-state index < -0.39 is 0 Å². The summed E-state index contributed by atoms with van der Waals surface area (Å²) in [7, 11) is 0. The van der Waals surface area contributed by atoms with Gasteiger partial charge >= 0.3 is 0 Å². The zero-order valence-corrected chi connectivity index (χ0v) is 5.76. The highest BCUT2D eigenvalue weighted by atomic mass is 32.2. The lowest BCUT2D eigenvalue weighted by molar-refractivity contribution is 0.347. The zero-order valence-electron chi connectivity index (χ0n) is 4.13. The highest BCUT2D eigenvalue weighted by molar-refractivity contribution is 8.20. The van der Waals surface area contributed by atoms with E-state index in [1.807, 2.05) is 0 Å². The van der Waals surface area contributed by atoms with Gasteiger partial charge in [-0.2, -0.15) is 0 Å². The molecule has 1 aliphatic heterocycles. The molecule has 1 rings (SSSR count). The van der Waals surface area contributed by atoms with Gasteiger partial charge in [-0.1, -0.05) is 6.92 Å². The Morgan fingerprint density at radius 1 is 1.71 bits per heavy atom. The number of rotatable bonds is 0. The van der Waals surface area contributed by atoms with Gasteiger partial charge in [0.1, 0.15) is 4.77 Å². The molecule has 0 aromatic heterocycles. The summed E-state index contributed by atoms with van der Waals surface area (Å²) in [6.07, 6.45) is 0. The van der Waals surface area contributed by atoms with E-state index in [0.717, 1.165) is 5.75 Å². The summed E-state index contributed by atoms with van der Waals surface area (Å²) in [5.74, 6) is 1.10. The molecule has 42 valence electrons. The van der Waals surface area contributed by atoms with Gasteiger partial charge in [0.25, 0.3) is 0 Å². The van der Waals surface area contributed by atoms with E-state index in [9.17, 15) is 0 Å². The number of hydrogen-bond acceptors (Lipinski definition) is 3. The van der Waals surface area contributed by atoms with Gasteiger partial charge < -0.3 is 5.11 Å². The second kappa shape index (κ2) is 2.29. The topological polar surface area (TPSA) is 20.2 Å². The lowest BCUT2D eigenvalue weighted by Gasteiger charge is -1.94. The second-order valence-corrected chi connectivity index (χ2v) is 4.52. The fourth-order valence-corrected chi connectivity index (χ4v) is 3.00. The molecule has 2 atom stereocenters. The average Bonchev–Trinajstić information content (AvgIpc) is 1.87. The molecule has 1 nitrogen and oxygen atoms in total. The molecule has 3 heteroatoms. The van der Waals surface area contributed by atoms with Crippen molar-refractivity contribution in [1.29, 1.82) is 0 Å². The predicted molar refractivity (Wildman–Crippen MR) is 35.5 cm³/mol. The molecule has 1 fully saturated rings. The van der Waals surface area contributed by atoms with Gasteiger partial charge in [-0.05, 0) is 0 Å². The van der Waals surface area contributed by atoms with Crippen LogP contribution >= 0.6 is 23.5 Å². The van der Waals surface area contributed by atoms with Gasteiger partial charge in [-0.3, -0.25) is 0 Å². The quantitative estimate of drug-likeness (QED) is 0.539. The van der Waals surface area contributed by atoms with Crippen molar-refractivity contribution in [3.63, 3.8) is 0 Å². The number of aliphatic hydroxyl groups excluding tert-OH is 1. The van der Waals surface area contributed by atoms with Crippen molar-refractivity contribution in [2.45, 2.75) is 16.9 Å². The summed E-state index contributed by atoms with van der Waals surface area (Å²) in [4.78, 5) is 0. The number of hydrogen-bond donors (Lipinski definition) is 1. The summed E-state index contributed by atoms with van der Waals surface area (Å²) in [6, 6.07) is 0. The molecule has 1 heterocycles. The van der Waals surface area contributed by atoms with Gasteiger partial charge in [-0.25, -0.2) is 0 Å². The maximum Gasteiger partial charge on any atom is 0.146 e. The Balaban J connectivity index is 2.26. The molecule has 0 saturated carbocycles. The van der Waals surface area contributed by atoms with E-state index in [2.05, 4.69) is 6.92 Å². The van der Waals surface area contributed by atoms with Crippen LogP contribution in [0.4, 0.5) is 0 Å². The van der Waals surface area contributed by atoms with E-state index in [-0.39, 0.29) is 4.77 Å². The number of aliphatic hydroxyl groups is 1. The first-order chi connectivity index (χ1) is 3.29. The Hall–Kier alpha value is 0.660. The van der Waals surface area contributed by atoms with Crippen molar-refractivity contribution >= 4 is 23.5 Å². The SMILES string of the molecule is CC1CSC(O)S1. The Morgan fingerprint density at radius 3 is 2.57 bits per heavy atom. The molecular formula is C4H8OS2. The van der Waals surface area contributed by atoms with Crippen LogP contribution in [0.2, 0.25) is 0 Å². The molecule has 7 heavy (non-hydrogen) atoms. The minimum absolute atomic E-state index is 0.144. The van der Waals surface area contributed by atoms with E-state index in [1.165, 1.54) is 0 Å². The van der Waals surface area contributed by atoms with Gasteiger partial charge in [-0.15, -0.1) is 23.5 Å². The minimum Gasteiger partial charge on any atom is -0.373 e. The van der Waals surface area contributed by atoms with Crippen molar-refractivity contribution in [2.75, 3.05) is 5.75 Å². The van der Waals surface area contributed by atoms with Crippen molar-refractivity contribution in [1.82, 2.24) is 0 Å². The fourth-order valence-electron chi connectivity index (χ4n) is 0.495. The molecule has 0 amide bonds. The monoisotopic (exact) mass is 136 g/mol. The Labute approximate surface area is 51.9 Å². The van der Waals surface area contributed by atoms with E-state index in [0.29, 0.717) is 5.25 Å². The molecular weight excluding hydrogens is 128 g/mol. The van der Waals surface area contributed by atoms with Crippen LogP contribution in [0.5, 0.6) is 0 Å². The minimum atomic E-state index is -0.144. The molecule has 0 bridgehead atoms. The normalized spacial score (nSPS) is 42.0. The van der Waals surface area contributed by atoms with E-state index >= 15 is 0 Å². The number of thioether (sulfide) groups is 2. The molecule has 0 aromatic carbocycles. The molecule has 2 unspecified atom stereocenters. The summed E-state index contributed by atoms with van der Waals surface area (Å²) >= 11 is 3.26. The second-order valence-electron chi connectivity index (χ2n) is 1.59. The molecule has 0 spiro atoms. The van der Waals surface area contributed by atoms with Crippen molar-refractivity contribution in [3.05, 3.63) is 0 Å². The summed E-state index contributed by atoms with van der Waals surface area (Å²) in [5, 5.41) is 9.48. The lowest BCUT2D eigenvalue weighted by Crippen LogP contribution is -1.90. The maximum atomic E-state index is 8.83. The lowest BCUT2D eigenvalue weighted by atomic mass is 10.6. The van der Waals surface area contributed by atoms with Crippen LogP contribution in [0, 0.1) is 0 Å². The third kappa shape index (κ3) is 1.55.